The van der Waals surface area contributed by atoms with Crippen molar-refractivity contribution >= 4 is 17.1 Å². The van der Waals surface area contributed by atoms with Gasteiger partial charge in [0, 0.05) is 19.9 Å². The highest BCUT2D eigenvalue weighted by atomic mass is 32.1. The molecule has 0 bridgehead atoms. The van der Waals surface area contributed by atoms with Crippen LogP contribution in [-0.4, -0.2) is 35.3 Å². The van der Waals surface area contributed by atoms with Crippen molar-refractivity contribution in [2.24, 2.45) is 0 Å². The van der Waals surface area contributed by atoms with E-state index >= 15 is 0 Å². The molecule has 1 heterocycles. The topological polar surface area (TPSA) is 33.2 Å². The molecule has 0 saturated heterocycles. The van der Waals surface area contributed by atoms with Gasteiger partial charge in [-0.1, -0.05) is 13.8 Å². The van der Waals surface area contributed by atoms with E-state index in [2.05, 4.69) is 23.7 Å². The maximum atomic E-state index is 11.3. The van der Waals surface area contributed by atoms with E-state index in [0.29, 0.717) is 0 Å². The molecule has 90 valence electrons. The smallest absolute Gasteiger partial charge is 0.171 e. The number of aromatic nitrogens is 1. The molecule has 0 N–H and O–H groups in total. The third kappa shape index (κ3) is 3.39. The van der Waals surface area contributed by atoms with Crippen LogP contribution in [0.15, 0.2) is 0 Å². The zero-order valence-corrected chi connectivity index (χ0v) is 11.4. The first-order chi connectivity index (χ1) is 7.58. The third-order valence-electron chi connectivity index (χ3n) is 2.70. The predicted molar refractivity (Wildman–Crippen MR) is 68.3 cm³/mol. The minimum absolute atomic E-state index is 0.129. The molecule has 0 atom stereocenters. The highest BCUT2D eigenvalue weighted by molar-refractivity contribution is 7.13. The van der Waals surface area contributed by atoms with Gasteiger partial charge in [-0.15, -0.1) is 11.3 Å². The summed E-state index contributed by atoms with van der Waals surface area (Å²) in [6, 6.07) is 0. The summed E-state index contributed by atoms with van der Waals surface area (Å²) in [7, 11) is 0. The molecule has 0 unspecified atom stereocenters. The minimum atomic E-state index is 0.129. The third-order valence-corrected chi connectivity index (χ3v) is 4.01. The van der Waals surface area contributed by atoms with Crippen molar-refractivity contribution in [3.63, 3.8) is 0 Å². The van der Waals surface area contributed by atoms with Crippen LogP contribution in [0.2, 0.25) is 0 Å². The van der Waals surface area contributed by atoms with Gasteiger partial charge in [0.2, 0.25) is 0 Å². The fourth-order valence-electron chi connectivity index (χ4n) is 1.68. The highest BCUT2D eigenvalue weighted by Crippen LogP contribution is 2.19. The number of hydrogen-bond acceptors (Lipinski definition) is 4. The Bertz CT molecular complexity index is 356. The normalized spacial score (nSPS) is 11.1. The molecule has 0 saturated carbocycles. The molecule has 0 fully saturated rings. The van der Waals surface area contributed by atoms with E-state index in [1.165, 1.54) is 0 Å². The van der Waals surface area contributed by atoms with E-state index < -0.39 is 0 Å². The number of likely N-dealkylation sites (N-methyl/N-ethyl adjacent to an activating group) is 1. The summed E-state index contributed by atoms with van der Waals surface area (Å²) >= 11 is 1.54. The first-order valence-electron chi connectivity index (χ1n) is 5.78. The molecule has 0 aromatic carbocycles. The number of carbonyl (C=O) groups excluding carboxylic acids is 1. The van der Waals surface area contributed by atoms with Gasteiger partial charge >= 0.3 is 0 Å². The molecule has 1 aromatic heterocycles. The monoisotopic (exact) mass is 240 g/mol. The van der Waals surface area contributed by atoms with Crippen LogP contribution in [0.5, 0.6) is 0 Å². The lowest BCUT2D eigenvalue weighted by Crippen LogP contribution is -2.25. The standard InChI is InChI=1S/C12H20N2OS/c1-5-14(6-2)8-7-11-13-9(3)12(16-11)10(4)15/h5-8H2,1-4H3. The number of ketones is 1. The van der Waals surface area contributed by atoms with Crippen LogP contribution < -0.4 is 0 Å². The Balaban J connectivity index is 2.61. The molecule has 0 radical (unpaired) electrons. The van der Waals surface area contributed by atoms with Gasteiger partial charge in [0.05, 0.1) is 15.6 Å². The van der Waals surface area contributed by atoms with Gasteiger partial charge in [-0.05, 0) is 20.0 Å². The second-order valence-corrected chi connectivity index (χ2v) is 4.94. The van der Waals surface area contributed by atoms with Crippen molar-refractivity contribution < 1.29 is 4.79 Å². The van der Waals surface area contributed by atoms with Gasteiger partial charge in [0.15, 0.2) is 5.78 Å². The number of Topliss-reactive ketones (excluding diaryl/α,β-unsaturated/α-hetero) is 1. The van der Waals surface area contributed by atoms with E-state index in [9.17, 15) is 4.79 Å². The molecular weight excluding hydrogens is 220 g/mol. The average molecular weight is 240 g/mol. The van der Waals surface area contributed by atoms with Crippen LogP contribution in [0.25, 0.3) is 0 Å². The van der Waals surface area contributed by atoms with Crippen molar-refractivity contribution in [1.29, 1.82) is 0 Å². The molecule has 16 heavy (non-hydrogen) atoms. The fraction of sp³-hybridized carbons (Fsp3) is 0.667. The average Bonchev–Trinajstić information content (AvgIpc) is 2.61. The molecule has 0 amide bonds. The van der Waals surface area contributed by atoms with Crippen LogP contribution in [0, 0.1) is 6.92 Å². The van der Waals surface area contributed by atoms with Crippen LogP contribution in [-0.2, 0) is 6.42 Å². The SMILES string of the molecule is CCN(CC)CCc1nc(C)c(C(C)=O)s1. The molecule has 0 aliphatic rings. The van der Waals surface area contributed by atoms with Gasteiger partial charge in [0.25, 0.3) is 0 Å². The second kappa shape index (κ2) is 6.11. The number of carbonyl (C=O) groups is 1. The van der Waals surface area contributed by atoms with Crippen molar-refractivity contribution in [2.45, 2.75) is 34.1 Å². The second-order valence-electron chi connectivity index (χ2n) is 3.86. The van der Waals surface area contributed by atoms with Gasteiger partial charge in [0.1, 0.15) is 0 Å². The Morgan fingerprint density at radius 1 is 1.38 bits per heavy atom. The first kappa shape index (κ1) is 13.3. The number of hydrogen-bond donors (Lipinski definition) is 0. The molecule has 0 aliphatic carbocycles. The van der Waals surface area contributed by atoms with E-state index in [-0.39, 0.29) is 5.78 Å². The molecule has 3 nitrogen and oxygen atoms in total. The van der Waals surface area contributed by atoms with Gasteiger partial charge in [-0.25, -0.2) is 4.98 Å². The molecular formula is C12H20N2OS. The predicted octanol–water partition coefficient (Wildman–Crippen LogP) is 2.54. The highest BCUT2D eigenvalue weighted by Gasteiger charge is 2.11. The van der Waals surface area contributed by atoms with Crippen molar-refractivity contribution in [3.8, 4) is 0 Å². The summed E-state index contributed by atoms with van der Waals surface area (Å²) in [5.41, 5.74) is 0.882. The maximum absolute atomic E-state index is 11.3. The van der Waals surface area contributed by atoms with Gasteiger partial charge in [-0.3, -0.25) is 4.79 Å². The summed E-state index contributed by atoms with van der Waals surface area (Å²) in [6.45, 7) is 11.0. The Labute approximate surface area is 101 Å². The van der Waals surface area contributed by atoms with Crippen molar-refractivity contribution in [1.82, 2.24) is 9.88 Å². The summed E-state index contributed by atoms with van der Waals surface area (Å²) < 4.78 is 0. The molecule has 4 heteroatoms. The minimum Gasteiger partial charge on any atom is -0.303 e. The fourth-order valence-corrected chi connectivity index (χ4v) is 2.63. The Kier molecular flexibility index (Phi) is 5.09. The first-order valence-corrected chi connectivity index (χ1v) is 6.59. The maximum Gasteiger partial charge on any atom is 0.171 e. The lowest BCUT2D eigenvalue weighted by atomic mass is 10.3. The van der Waals surface area contributed by atoms with E-state index in [1.807, 2.05) is 6.92 Å². The molecule has 0 spiro atoms. The van der Waals surface area contributed by atoms with Crippen molar-refractivity contribution in [3.05, 3.63) is 15.6 Å². The number of thiazole rings is 1. The molecule has 1 rings (SSSR count). The lowest BCUT2D eigenvalue weighted by Gasteiger charge is -2.16. The van der Waals surface area contributed by atoms with Gasteiger partial charge in [-0.2, -0.15) is 0 Å². The van der Waals surface area contributed by atoms with Crippen LogP contribution in [0.1, 0.15) is 41.1 Å². The largest absolute Gasteiger partial charge is 0.303 e. The Morgan fingerprint density at radius 3 is 2.44 bits per heavy atom. The number of rotatable bonds is 6. The van der Waals surface area contributed by atoms with E-state index in [4.69, 9.17) is 0 Å². The zero-order valence-electron chi connectivity index (χ0n) is 10.5. The van der Waals surface area contributed by atoms with E-state index in [1.54, 1.807) is 18.3 Å². The Hall–Kier alpha value is -0.740. The van der Waals surface area contributed by atoms with Crippen LogP contribution in [0.3, 0.4) is 0 Å². The summed E-state index contributed by atoms with van der Waals surface area (Å²) in [6.07, 6.45) is 0.945. The number of aryl methyl sites for hydroxylation is 1. The van der Waals surface area contributed by atoms with E-state index in [0.717, 1.165) is 41.6 Å². The Morgan fingerprint density at radius 2 is 2.00 bits per heavy atom. The zero-order chi connectivity index (χ0) is 12.1. The molecule has 0 aliphatic heterocycles. The summed E-state index contributed by atoms with van der Waals surface area (Å²) in [5, 5.41) is 1.08. The van der Waals surface area contributed by atoms with Crippen molar-refractivity contribution in [2.75, 3.05) is 19.6 Å². The summed E-state index contributed by atoms with van der Waals surface area (Å²) in [4.78, 5) is 18.9. The number of nitrogens with zero attached hydrogens (tertiary/aromatic N) is 2. The van der Waals surface area contributed by atoms with Crippen LogP contribution in [0.4, 0.5) is 0 Å². The lowest BCUT2D eigenvalue weighted by molar-refractivity contribution is 0.102. The quantitative estimate of drug-likeness (QED) is 0.716. The molecule has 1 aromatic rings. The van der Waals surface area contributed by atoms with Gasteiger partial charge < -0.3 is 4.90 Å². The summed E-state index contributed by atoms with van der Waals surface area (Å²) in [5.74, 6) is 0.129. The van der Waals surface area contributed by atoms with Crippen LogP contribution >= 0.6 is 11.3 Å².